The van der Waals surface area contributed by atoms with Crippen LogP contribution >= 0.6 is 11.3 Å². The molecule has 1 spiro atoms. The van der Waals surface area contributed by atoms with Crippen LogP contribution in [-0.2, 0) is 5.41 Å². The molecular weight excluding hydrogens is 791 g/mol. The van der Waals surface area contributed by atoms with Crippen LogP contribution in [0.5, 0.6) is 11.5 Å². The molecule has 11 aromatic rings. The van der Waals surface area contributed by atoms with Gasteiger partial charge in [0.1, 0.15) is 11.5 Å². The summed E-state index contributed by atoms with van der Waals surface area (Å²) in [5.74, 6) is 4.19. The van der Waals surface area contributed by atoms with Gasteiger partial charge in [-0.15, -0.1) is 11.3 Å². The second kappa shape index (κ2) is 14.0. The minimum Gasteiger partial charge on any atom is -0.457 e. The summed E-state index contributed by atoms with van der Waals surface area (Å²) in [6.45, 7) is 0. The van der Waals surface area contributed by atoms with Crippen molar-refractivity contribution in [3.05, 3.63) is 222 Å². The molecule has 0 saturated carbocycles. The van der Waals surface area contributed by atoms with Crippen LogP contribution in [0.2, 0.25) is 0 Å². The second-order valence-electron chi connectivity index (χ2n) is 15.9. The van der Waals surface area contributed by atoms with Crippen molar-refractivity contribution in [2.45, 2.75) is 5.41 Å². The topological polar surface area (TPSA) is 73.7 Å². The molecule has 0 fully saturated rings. The van der Waals surface area contributed by atoms with E-state index in [4.69, 9.17) is 29.7 Å². The third kappa shape index (κ3) is 5.40. The maximum Gasteiger partial charge on any atom is 0.164 e. The lowest BCUT2D eigenvalue weighted by Gasteiger charge is -2.39. The lowest BCUT2D eigenvalue weighted by Crippen LogP contribution is -2.32. The summed E-state index contributed by atoms with van der Waals surface area (Å²) in [4.78, 5) is 26.2. The highest BCUT2D eigenvalue weighted by Crippen LogP contribution is 2.64. The van der Waals surface area contributed by atoms with E-state index in [0.29, 0.717) is 23.3 Å². The molecule has 7 heteroatoms. The first-order valence-electron chi connectivity index (χ1n) is 21.0. The predicted octanol–water partition coefficient (Wildman–Crippen LogP) is 13.8. The van der Waals surface area contributed by atoms with Gasteiger partial charge in [-0.2, -0.15) is 0 Å². The molecule has 8 aromatic carbocycles. The van der Waals surface area contributed by atoms with Crippen LogP contribution in [0.3, 0.4) is 0 Å². The maximum atomic E-state index is 6.72. The predicted molar refractivity (Wildman–Crippen MR) is 253 cm³/mol. The molecule has 294 valence electrons. The standard InChI is InChI=1S/C56H33N5OS/c1-4-17-34(18-5-1)52-57-49-38-23-10-15-30-47(38)63-51(49)50(58-52)39-24-16-27-44-48(39)40-33-37(55-60-53(35-19-6-2-7-20-35)59-54(61-55)36-21-8-3-9-22-36)31-32-41(40)56(44)42-25-11-13-28-45(42)62-46-29-14-12-26-43(46)56/h1-33H. The molecule has 6 nitrogen and oxygen atoms in total. The van der Waals surface area contributed by atoms with Gasteiger partial charge < -0.3 is 4.74 Å². The fourth-order valence-corrected chi connectivity index (χ4v) is 10.9. The number of benzene rings is 8. The van der Waals surface area contributed by atoms with Gasteiger partial charge in [0.25, 0.3) is 0 Å². The molecule has 0 atom stereocenters. The van der Waals surface area contributed by atoms with E-state index in [0.717, 1.165) is 94.0 Å². The maximum absolute atomic E-state index is 6.72. The monoisotopic (exact) mass is 823 g/mol. The van der Waals surface area contributed by atoms with Crippen molar-refractivity contribution in [3.8, 4) is 79.4 Å². The van der Waals surface area contributed by atoms with E-state index in [1.165, 1.54) is 4.70 Å². The summed E-state index contributed by atoms with van der Waals surface area (Å²) in [6, 6.07) is 69.5. The Bertz CT molecular complexity index is 3500. The molecular formula is C56H33N5OS. The van der Waals surface area contributed by atoms with Gasteiger partial charge in [-0.25, -0.2) is 24.9 Å². The fourth-order valence-electron chi connectivity index (χ4n) is 9.72. The lowest BCUT2D eigenvalue weighted by molar-refractivity contribution is 0.436. The van der Waals surface area contributed by atoms with Crippen molar-refractivity contribution in [2.24, 2.45) is 0 Å². The number of aromatic nitrogens is 5. The van der Waals surface area contributed by atoms with Crippen LogP contribution in [0.15, 0.2) is 200 Å². The molecule has 0 radical (unpaired) electrons. The Morgan fingerprint density at radius 3 is 1.54 bits per heavy atom. The molecule has 1 aliphatic carbocycles. The Kier molecular flexibility index (Phi) is 7.89. The Hall–Kier alpha value is -8.13. The van der Waals surface area contributed by atoms with Gasteiger partial charge in [0.2, 0.25) is 0 Å². The molecule has 3 aromatic heterocycles. The molecule has 0 N–H and O–H groups in total. The lowest BCUT2D eigenvalue weighted by atomic mass is 9.66. The summed E-state index contributed by atoms with van der Waals surface area (Å²) < 4.78 is 8.94. The Morgan fingerprint density at radius 1 is 0.381 bits per heavy atom. The summed E-state index contributed by atoms with van der Waals surface area (Å²) in [6.07, 6.45) is 0. The number of thiophene rings is 1. The van der Waals surface area contributed by atoms with Crippen LogP contribution in [0.1, 0.15) is 22.3 Å². The van der Waals surface area contributed by atoms with Crippen molar-refractivity contribution >= 4 is 31.6 Å². The van der Waals surface area contributed by atoms with Crippen LogP contribution in [0.4, 0.5) is 0 Å². The van der Waals surface area contributed by atoms with E-state index in [-0.39, 0.29) is 0 Å². The van der Waals surface area contributed by atoms with Crippen molar-refractivity contribution in [1.29, 1.82) is 0 Å². The van der Waals surface area contributed by atoms with Gasteiger partial charge >= 0.3 is 0 Å². The highest BCUT2D eigenvalue weighted by molar-refractivity contribution is 7.26. The molecule has 0 unspecified atom stereocenters. The van der Waals surface area contributed by atoms with E-state index in [9.17, 15) is 0 Å². The molecule has 1 aliphatic heterocycles. The van der Waals surface area contributed by atoms with Crippen molar-refractivity contribution in [1.82, 2.24) is 24.9 Å². The first-order valence-corrected chi connectivity index (χ1v) is 21.8. The summed E-state index contributed by atoms with van der Waals surface area (Å²) in [5.41, 5.74) is 12.6. The van der Waals surface area contributed by atoms with Crippen molar-refractivity contribution < 1.29 is 4.74 Å². The first-order chi connectivity index (χ1) is 31.2. The number of fused-ring (bicyclic) bond motifs is 12. The second-order valence-corrected chi connectivity index (χ2v) is 17.0. The van der Waals surface area contributed by atoms with Gasteiger partial charge in [-0.3, -0.25) is 0 Å². The minimum absolute atomic E-state index is 0.596. The third-order valence-corrected chi connectivity index (χ3v) is 13.6. The summed E-state index contributed by atoms with van der Waals surface area (Å²) in [5, 5.41) is 1.12. The highest BCUT2D eigenvalue weighted by atomic mass is 32.1. The van der Waals surface area contributed by atoms with E-state index in [2.05, 4.69) is 121 Å². The highest BCUT2D eigenvalue weighted by Gasteiger charge is 2.52. The van der Waals surface area contributed by atoms with Gasteiger partial charge in [-0.05, 0) is 46.5 Å². The quantitative estimate of drug-likeness (QED) is 0.172. The number of nitrogens with zero attached hydrogens (tertiary/aromatic N) is 5. The smallest absolute Gasteiger partial charge is 0.164 e. The number of rotatable bonds is 5. The molecule has 13 rings (SSSR count). The largest absolute Gasteiger partial charge is 0.457 e. The fraction of sp³-hybridized carbons (Fsp3) is 0.0179. The average molecular weight is 824 g/mol. The van der Waals surface area contributed by atoms with Crippen LogP contribution in [0, 0.1) is 0 Å². The molecule has 63 heavy (non-hydrogen) atoms. The third-order valence-electron chi connectivity index (χ3n) is 12.4. The summed E-state index contributed by atoms with van der Waals surface area (Å²) >= 11 is 1.75. The van der Waals surface area contributed by atoms with E-state index in [1.54, 1.807) is 11.3 Å². The van der Waals surface area contributed by atoms with Gasteiger partial charge in [0.05, 0.1) is 21.3 Å². The van der Waals surface area contributed by atoms with E-state index in [1.807, 2.05) is 78.9 Å². The Labute approximate surface area is 366 Å². The van der Waals surface area contributed by atoms with E-state index < -0.39 is 5.41 Å². The minimum atomic E-state index is -0.706. The van der Waals surface area contributed by atoms with Gasteiger partial charge in [-0.1, -0.05) is 176 Å². The van der Waals surface area contributed by atoms with E-state index >= 15 is 0 Å². The number of hydrogen-bond donors (Lipinski definition) is 0. The van der Waals surface area contributed by atoms with Gasteiger partial charge in [0, 0.05) is 49.0 Å². The number of ether oxygens (including phenoxy) is 1. The van der Waals surface area contributed by atoms with Gasteiger partial charge in [0.15, 0.2) is 23.3 Å². The van der Waals surface area contributed by atoms with Crippen LogP contribution in [-0.4, -0.2) is 24.9 Å². The molecule has 0 saturated heterocycles. The SMILES string of the molecule is c1ccc(-c2nc(-c3ccccc3)nc(-c3ccc4c(c3)-c3c(-c5nc(-c6ccccc6)nc6c5sc5ccccc56)cccc3C43c4ccccc4Oc4ccccc43)n2)cc1. The normalized spacial score (nSPS) is 13.0. The zero-order chi connectivity index (χ0) is 41.5. The van der Waals surface area contributed by atoms with Crippen molar-refractivity contribution in [3.63, 3.8) is 0 Å². The molecule has 0 bridgehead atoms. The zero-order valence-corrected chi connectivity index (χ0v) is 34.4. The summed E-state index contributed by atoms with van der Waals surface area (Å²) in [7, 11) is 0. The Morgan fingerprint density at radius 2 is 0.905 bits per heavy atom. The molecule has 2 aliphatic rings. The van der Waals surface area contributed by atoms with Crippen LogP contribution < -0.4 is 4.74 Å². The zero-order valence-electron chi connectivity index (χ0n) is 33.6. The average Bonchev–Trinajstić information content (AvgIpc) is 3.88. The number of hydrogen-bond acceptors (Lipinski definition) is 7. The number of para-hydroxylation sites is 2. The van der Waals surface area contributed by atoms with Crippen molar-refractivity contribution in [2.75, 3.05) is 0 Å². The first kappa shape index (κ1) is 35.6. The Balaban J connectivity index is 1.14. The molecule has 4 heterocycles. The molecule has 0 amide bonds. The van der Waals surface area contributed by atoms with Crippen LogP contribution in [0.25, 0.3) is 88.2 Å².